The van der Waals surface area contributed by atoms with E-state index in [4.69, 9.17) is 5.26 Å². The van der Waals surface area contributed by atoms with Crippen LogP contribution in [-0.4, -0.2) is 10.9 Å². The lowest BCUT2D eigenvalue weighted by atomic mass is 9.96. The van der Waals surface area contributed by atoms with Gasteiger partial charge >= 0.3 is 0 Å². The highest BCUT2D eigenvalue weighted by Gasteiger charge is 2.18. The van der Waals surface area contributed by atoms with Gasteiger partial charge in [-0.1, -0.05) is 24.3 Å². The predicted molar refractivity (Wildman–Crippen MR) is 57.3 cm³/mol. The maximum atomic E-state index is 8.64. The molecule has 0 aliphatic rings. The van der Waals surface area contributed by atoms with Crippen LogP contribution < -0.4 is 0 Å². The third-order valence-corrected chi connectivity index (χ3v) is 2.50. The monoisotopic (exact) mass is 194 g/mol. The first-order valence-electron chi connectivity index (χ1n) is 4.92. The molecule has 0 unspecified atom stereocenters. The van der Waals surface area contributed by atoms with Crippen LogP contribution in [0.2, 0.25) is 0 Å². The van der Waals surface area contributed by atoms with Gasteiger partial charge in [-0.05, 0) is 44.7 Å². The topological polar surface area (TPSA) is 29.5 Å². The molecule has 1 N–H and O–H groups in total. The quantitative estimate of drug-likeness (QED) is 0.589. The van der Waals surface area contributed by atoms with Crippen molar-refractivity contribution in [3.8, 4) is 0 Å². The molecule has 0 radical (unpaired) electrons. The standard InChI is InChI=1S/C12H18O2/c1-10-6-4-5-7-11(10)8-9-12(2,3)14-13/h4-7,13H,8-9H2,1-3H3. The lowest BCUT2D eigenvalue weighted by molar-refractivity contribution is -0.314. The van der Waals surface area contributed by atoms with E-state index < -0.39 is 5.60 Å². The van der Waals surface area contributed by atoms with Crippen LogP contribution in [0.1, 0.15) is 31.4 Å². The van der Waals surface area contributed by atoms with Crippen molar-refractivity contribution >= 4 is 0 Å². The van der Waals surface area contributed by atoms with E-state index in [0.29, 0.717) is 0 Å². The Kier molecular flexibility index (Phi) is 3.67. The van der Waals surface area contributed by atoms with Crippen molar-refractivity contribution < 1.29 is 10.1 Å². The Morgan fingerprint density at radius 2 is 1.93 bits per heavy atom. The Bertz CT molecular complexity index is 292. The molecule has 0 fully saturated rings. The van der Waals surface area contributed by atoms with Crippen LogP contribution in [0.3, 0.4) is 0 Å². The van der Waals surface area contributed by atoms with E-state index in [1.807, 2.05) is 26.0 Å². The van der Waals surface area contributed by atoms with Gasteiger partial charge in [0.2, 0.25) is 0 Å². The van der Waals surface area contributed by atoms with Gasteiger partial charge in [0.25, 0.3) is 0 Å². The second-order valence-corrected chi connectivity index (χ2v) is 4.28. The van der Waals surface area contributed by atoms with Crippen LogP contribution >= 0.6 is 0 Å². The van der Waals surface area contributed by atoms with Crippen LogP contribution in [0.4, 0.5) is 0 Å². The summed E-state index contributed by atoms with van der Waals surface area (Å²) < 4.78 is 0. The average molecular weight is 194 g/mol. The minimum Gasteiger partial charge on any atom is -0.251 e. The van der Waals surface area contributed by atoms with Gasteiger partial charge in [-0.15, -0.1) is 0 Å². The van der Waals surface area contributed by atoms with Gasteiger partial charge in [0.05, 0.1) is 5.60 Å². The van der Waals surface area contributed by atoms with E-state index in [2.05, 4.69) is 23.9 Å². The van der Waals surface area contributed by atoms with Gasteiger partial charge in [0.15, 0.2) is 0 Å². The molecule has 14 heavy (non-hydrogen) atoms. The number of benzene rings is 1. The first-order valence-corrected chi connectivity index (χ1v) is 4.92. The summed E-state index contributed by atoms with van der Waals surface area (Å²) in [4.78, 5) is 4.40. The van der Waals surface area contributed by atoms with Crippen molar-refractivity contribution in [1.82, 2.24) is 0 Å². The Morgan fingerprint density at radius 1 is 1.29 bits per heavy atom. The lowest BCUT2D eigenvalue weighted by Gasteiger charge is -2.20. The van der Waals surface area contributed by atoms with Crippen molar-refractivity contribution in [1.29, 1.82) is 0 Å². The molecule has 0 aliphatic heterocycles. The number of rotatable bonds is 4. The van der Waals surface area contributed by atoms with E-state index in [9.17, 15) is 0 Å². The molecule has 0 amide bonds. The summed E-state index contributed by atoms with van der Waals surface area (Å²) in [6.07, 6.45) is 1.74. The maximum absolute atomic E-state index is 8.64. The summed E-state index contributed by atoms with van der Waals surface area (Å²) in [5.74, 6) is 0. The van der Waals surface area contributed by atoms with Gasteiger partial charge in [-0.3, -0.25) is 5.26 Å². The van der Waals surface area contributed by atoms with Crippen LogP contribution in [0.5, 0.6) is 0 Å². The Labute approximate surface area is 85.5 Å². The zero-order chi connectivity index (χ0) is 10.6. The minimum absolute atomic E-state index is 0.456. The Balaban J connectivity index is 2.58. The van der Waals surface area contributed by atoms with Crippen LogP contribution in [-0.2, 0) is 11.3 Å². The summed E-state index contributed by atoms with van der Waals surface area (Å²) in [6, 6.07) is 8.28. The molecule has 1 aromatic rings. The van der Waals surface area contributed by atoms with Crippen molar-refractivity contribution in [2.24, 2.45) is 0 Å². The van der Waals surface area contributed by atoms with Gasteiger partial charge in [-0.25, -0.2) is 4.89 Å². The number of hydrogen-bond acceptors (Lipinski definition) is 2. The molecule has 0 bridgehead atoms. The normalized spacial score (nSPS) is 11.7. The molecule has 0 atom stereocenters. The molecule has 0 spiro atoms. The number of aryl methyl sites for hydroxylation is 2. The highest BCUT2D eigenvalue weighted by atomic mass is 17.1. The van der Waals surface area contributed by atoms with Crippen LogP contribution in [0.15, 0.2) is 24.3 Å². The molecular formula is C12H18O2. The fourth-order valence-corrected chi connectivity index (χ4v) is 1.37. The molecular weight excluding hydrogens is 176 g/mol. The van der Waals surface area contributed by atoms with Gasteiger partial charge < -0.3 is 0 Å². The van der Waals surface area contributed by atoms with Crippen LogP contribution in [0.25, 0.3) is 0 Å². The summed E-state index contributed by atoms with van der Waals surface area (Å²) >= 11 is 0. The molecule has 2 heteroatoms. The molecule has 0 aromatic heterocycles. The highest BCUT2D eigenvalue weighted by Crippen LogP contribution is 2.18. The highest BCUT2D eigenvalue weighted by molar-refractivity contribution is 5.25. The summed E-state index contributed by atoms with van der Waals surface area (Å²) in [5.41, 5.74) is 2.15. The van der Waals surface area contributed by atoms with Gasteiger partial charge in [0, 0.05) is 0 Å². The molecule has 2 nitrogen and oxygen atoms in total. The van der Waals surface area contributed by atoms with Gasteiger partial charge in [0.1, 0.15) is 0 Å². The zero-order valence-electron chi connectivity index (χ0n) is 9.08. The smallest absolute Gasteiger partial charge is 0.0980 e. The second-order valence-electron chi connectivity index (χ2n) is 4.28. The molecule has 0 saturated carbocycles. The van der Waals surface area contributed by atoms with E-state index in [1.165, 1.54) is 11.1 Å². The Hall–Kier alpha value is -0.860. The first kappa shape index (κ1) is 11.2. The van der Waals surface area contributed by atoms with Crippen molar-refractivity contribution in [2.45, 2.75) is 39.2 Å². The van der Waals surface area contributed by atoms with Gasteiger partial charge in [-0.2, -0.15) is 0 Å². The fourth-order valence-electron chi connectivity index (χ4n) is 1.37. The van der Waals surface area contributed by atoms with E-state index in [1.54, 1.807) is 0 Å². The predicted octanol–water partition coefficient (Wildman–Crippen LogP) is 3.20. The molecule has 78 valence electrons. The largest absolute Gasteiger partial charge is 0.251 e. The second kappa shape index (κ2) is 4.58. The van der Waals surface area contributed by atoms with Crippen molar-refractivity contribution in [3.63, 3.8) is 0 Å². The molecule has 0 aliphatic carbocycles. The molecule has 0 heterocycles. The van der Waals surface area contributed by atoms with Crippen molar-refractivity contribution in [3.05, 3.63) is 35.4 Å². The fraction of sp³-hybridized carbons (Fsp3) is 0.500. The SMILES string of the molecule is Cc1ccccc1CCC(C)(C)OO. The summed E-state index contributed by atoms with van der Waals surface area (Å²) in [6.45, 7) is 5.86. The van der Waals surface area contributed by atoms with E-state index in [0.717, 1.165) is 12.8 Å². The lowest BCUT2D eigenvalue weighted by Crippen LogP contribution is -2.23. The van der Waals surface area contributed by atoms with E-state index >= 15 is 0 Å². The number of hydrogen-bond donors (Lipinski definition) is 1. The Morgan fingerprint density at radius 3 is 2.50 bits per heavy atom. The summed E-state index contributed by atoms with van der Waals surface area (Å²) in [7, 11) is 0. The first-order chi connectivity index (χ1) is 6.55. The van der Waals surface area contributed by atoms with Crippen LogP contribution in [0, 0.1) is 6.92 Å². The third kappa shape index (κ3) is 3.13. The van der Waals surface area contributed by atoms with E-state index in [-0.39, 0.29) is 0 Å². The average Bonchev–Trinajstić information content (AvgIpc) is 2.17. The zero-order valence-corrected chi connectivity index (χ0v) is 9.08. The molecule has 0 saturated heterocycles. The minimum atomic E-state index is -0.456. The summed E-state index contributed by atoms with van der Waals surface area (Å²) in [5, 5.41) is 8.64. The third-order valence-electron chi connectivity index (χ3n) is 2.50. The molecule has 1 aromatic carbocycles. The molecule has 1 rings (SSSR count). The van der Waals surface area contributed by atoms with Crippen molar-refractivity contribution in [2.75, 3.05) is 0 Å². The maximum Gasteiger partial charge on any atom is 0.0980 e.